The van der Waals surface area contributed by atoms with Crippen LogP contribution in [0.25, 0.3) is 0 Å². The van der Waals surface area contributed by atoms with E-state index in [4.69, 9.17) is 9.15 Å². The van der Waals surface area contributed by atoms with Gasteiger partial charge in [-0.15, -0.1) is 11.3 Å². The lowest BCUT2D eigenvalue weighted by molar-refractivity contribution is 0.0716. The highest BCUT2D eigenvalue weighted by atomic mass is 32.1. The van der Waals surface area contributed by atoms with E-state index in [0.717, 1.165) is 30.1 Å². The second-order valence-electron chi connectivity index (χ2n) is 7.46. The Morgan fingerprint density at radius 2 is 2.03 bits per heavy atom. The van der Waals surface area contributed by atoms with Gasteiger partial charge in [-0.3, -0.25) is 9.69 Å². The summed E-state index contributed by atoms with van der Waals surface area (Å²) in [6.07, 6.45) is 2.13. The van der Waals surface area contributed by atoms with Gasteiger partial charge in [0.25, 0.3) is 5.91 Å². The van der Waals surface area contributed by atoms with Gasteiger partial charge in [-0.05, 0) is 53.9 Å². The van der Waals surface area contributed by atoms with Crippen LogP contribution in [0.15, 0.2) is 45.7 Å². The summed E-state index contributed by atoms with van der Waals surface area (Å²) in [5.41, 5.74) is 2.27. The Morgan fingerprint density at radius 1 is 1.22 bits per heavy atom. The van der Waals surface area contributed by atoms with Crippen molar-refractivity contribution in [3.05, 3.63) is 63.1 Å². The van der Waals surface area contributed by atoms with Crippen molar-refractivity contribution in [3.63, 3.8) is 0 Å². The molecule has 1 saturated heterocycles. The van der Waals surface area contributed by atoms with E-state index in [1.807, 2.05) is 6.92 Å². The number of ether oxygens (including phenoxy) is 1. The van der Waals surface area contributed by atoms with E-state index in [2.05, 4.69) is 40.0 Å². The van der Waals surface area contributed by atoms with Gasteiger partial charge in [-0.2, -0.15) is 11.3 Å². The fourth-order valence-electron chi connectivity index (χ4n) is 3.90. The lowest BCUT2D eigenvalue weighted by atomic mass is 10.00. The molecule has 1 aliphatic rings. The number of furan rings is 1. The summed E-state index contributed by atoms with van der Waals surface area (Å²) in [5, 5.41) is 8.14. The molecule has 1 N–H and O–H groups in total. The van der Waals surface area contributed by atoms with E-state index >= 15 is 0 Å². The average molecular weight is 474 g/mol. The molecular weight excluding hydrogens is 446 g/mol. The number of nitrogens with one attached hydrogen (secondary N) is 1. The number of hydrogen-bond acceptors (Lipinski definition) is 7. The van der Waals surface area contributed by atoms with Gasteiger partial charge in [0.05, 0.1) is 18.9 Å². The van der Waals surface area contributed by atoms with Crippen molar-refractivity contribution in [1.82, 2.24) is 9.80 Å². The van der Waals surface area contributed by atoms with Crippen LogP contribution < -0.4 is 5.32 Å². The number of amides is 2. The van der Waals surface area contributed by atoms with Gasteiger partial charge in [-0.25, -0.2) is 4.79 Å². The van der Waals surface area contributed by atoms with Crippen LogP contribution in [0.2, 0.25) is 0 Å². The molecule has 3 aromatic rings. The van der Waals surface area contributed by atoms with Crippen LogP contribution in [0.1, 0.15) is 46.4 Å². The normalized spacial score (nSPS) is 15.5. The largest absolute Gasteiger partial charge is 0.459 e. The third-order valence-corrected chi connectivity index (χ3v) is 7.40. The molecule has 7 nitrogen and oxygen atoms in total. The third-order valence-electron chi connectivity index (χ3n) is 5.49. The Balaban J connectivity index is 1.61. The molecule has 2 amide bonds. The number of nitrogens with zero attached hydrogens (tertiary/aromatic N) is 2. The molecule has 0 unspecified atom stereocenters. The van der Waals surface area contributed by atoms with E-state index in [1.165, 1.54) is 16.7 Å². The first-order valence-corrected chi connectivity index (χ1v) is 12.5. The molecule has 170 valence electrons. The summed E-state index contributed by atoms with van der Waals surface area (Å²) >= 11 is 3.26. The molecule has 0 spiro atoms. The fraction of sp³-hybridized carbons (Fsp3) is 0.391. The quantitative estimate of drug-likeness (QED) is 0.518. The minimum Gasteiger partial charge on any atom is -0.459 e. The highest BCUT2D eigenvalue weighted by Gasteiger charge is 2.31. The Bertz CT molecular complexity index is 1020. The molecule has 0 aromatic carbocycles. The van der Waals surface area contributed by atoms with Crippen molar-refractivity contribution >= 4 is 39.7 Å². The molecule has 0 radical (unpaired) electrons. The maximum absolute atomic E-state index is 12.7. The first-order chi connectivity index (χ1) is 15.6. The first-order valence-electron chi connectivity index (χ1n) is 10.8. The topological polar surface area (TPSA) is 75.0 Å². The van der Waals surface area contributed by atoms with E-state index in [1.54, 1.807) is 39.7 Å². The first kappa shape index (κ1) is 22.6. The number of thiophene rings is 2. The van der Waals surface area contributed by atoms with Crippen molar-refractivity contribution in [1.29, 1.82) is 0 Å². The molecule has 1 aliphatic heterocycles. The SMILES string of the molecule is CCOC(=O)N1CCN([C@@H](c2ccsc2)c2cc(CC)sc2NC(=O)c2ccco2)CC1. The lowest BCUT2D eigenvalue weighted by Gasteiger charge is -2.39. The van der Waals surface area contributed by atoms with Crippen molar-refractivity contribution < 1.29 is 18.7 Å². The molecule has 0 saturated carbocycles. The zero-order valence-electron chi connectivity index (χ0n) is 18.2. The second kappa shape index (κ2) is 10.3. The highest BCUT2D eigenvalue weighted by Crippen LogP contribution is 2.40. The van der Waals surface area contributed by atoms with Crippen LogP contribution in [0.3, 0.4) is 0 Å². The maximum atomic E-state index is 12.7. The van der Waals surface area contributed by atoms with Crippen LogP contribution >= 0.6 is 22.7 Å². The summed E-state index contributed by atoms with van der Waals surface area (Å²) in [5.74, 6) is 0.0366. The maximum Gasteiger partial charge on any atom is 0.409 e. The third kappa shape index (κ3) is 4.90. The minimum atomic E-state index is -0.255. The van der Waals surface area contributed by atoms with Crippen LogP contribution in [0.4, 0.5) is 9.80 Å². The monoisotopic (exact) mass is 473 g/mol. The van der Waals surface area contributed by atoms with E-state index in [-0.39, 0.29) is 23.8 Å². The molecule has 1 fully saturated rings. The Kier molecular flexibility index (Phi) is 7.29. The van der Waals surface area contributed by atoms with Gasteiger partial charge < -0.3 is 19.4 Å². The number of aryl methyl sites for hydroxylation is 1. The van der Waals surface area contributed by atoms with Gasteiger partial charge in [0.2, 0.25) is 0 Å². The molecule has 4 rings (SSSR count). The molecular formula is C23H27N3O4S2. The number of carbonyl (C=O) groups excluding carboxylic acids is 2. The molecule has 9 heteroatoms. The van der Waals surface area contributed by atoms with Crippen LogP contribution in [-0.4, -0.2) is 54.6 Å². The number of rotatable bonds is 7. The number of anilines is 1. The predicted octanol–water partition coefficient (Wildman–Crippen LogP) is 5.08. The molecule has 3 aromatic heterocycles. The molecule has 0 bridgehead atoms. The molecule has 0 aliphatic carbocycles. The Hall–Kier alpha value is -2.62. The summed E-state index contributed by atoms with van der Waals surface area (Å²) < 4.78 is 10.4. The smallest absolute Gasteiger partial charge is 0.409 e. The van der Waals surface area contributed by atoms with Crippen molar-refractivity contribution in [2.75, 3.05) is 38.1 Å². The Labute approximate surface area is 195 Å². The fourth-order valence-corrected chi connectivity index (χ4v) is 5.60. The van der Waals surface area contributed by atoms with Gasteiger partial charge in [0.1, 0.15) is 5.00 Å². The van der Waals surface area contributed by atoms with Gasteiger partial charge in [0, 0.05) is 36.6 Å². The summed E-state index contributed by atoms with van der Waals surface area (Å²) in [7, 11) is 0. The van der Waals surface area contributed by atoms with Gasteiger partial charge >= 0.3 is 6.09 Å². The zero-order valence-corrected chi connectivity index (χ0v) is 19.8. The number of hydrogen-bond donors (Lipinski definition) is 1. The summed E-state index contributed by atoms with van der Waals surface area (Å²) in [4.78, 5) is 30.2. The summed E-state index contributed by atoms with van der Waals surface area (Å²) in [6.45, 7) is 6.98. The van der Waals surface area contributed by atoms with Gasteiger partial charge in [-0.1, -0.05) is 6.92 Å². The zero-order chi connectivity index (χ0) is 22.5. The Morgan fingerprint density at radius 3 is 2.66 bits per heavy atom. The van der Waals surface area contributed by atoms with Gasteiger partial charge in [0.15, 0.2) is 5.76 Å². The average Bonchev–Trinajstić information content (AvgIpc) is 3.58. The highest BCUT2D eigenvalue weighted by molar-refractivity contribution is 7.16. The van der Waals surface area contributed by atoms with E-state index in [9.17, 15) is 9.59 Å². The second-order valence-corrected chi connectivity index (χ2v) is 9.38. The lowest BCUT2D eigenvalue weighted by Crippen LogP contribution is -2.50. The van der Waals surface area contributed by atoms with Crippen LogP contribution in [-0.2, 0) is 11.2 Å². The van der Waals surface area contributed by atoms with Crippen LogP contribution in [0, 0.1) is 0 Å². The number of piperazine rings is 1. The van der Waals surface area contributed by atoms with E-state index in [0.29, 0.717) is 19.7 Å². The standard InChI is InChI=1S/C23H27N3O4S2/c1-3-17-14-18(22(32-17)24-21(27)19-6-5-12-30-19)20(16-7-13-31-15-16)25-8-10-26(11-9-25)23(28)29-4-2/h5-7,12-15,20H,3-4,8-11H2,1-2H3,(H,24,27)/t20-/m0/s1. The van der Waals surface area contributed by atoms with Crippen molar-refractivity contribution in [3.8, 4) is 0 Å². The minimum absolute atomic E-state index is 0.00551. The van der Waals surface area contributed by atoms with Crippen LogP contribution in [0.5, 0.6) is 0 Å². The molecule has 4 heterocycles. The van der Waals surface area contributed by atoms with Crippen molar-refractivity contribution in [2.24, 2.45) is 0 Å². The molecule has 32 heavy (non-hydrogen) atoms. The number of carbonyl (C=O) groups is 2. The predicted molar refractivity (Wildman–Crippen MR) is 127 cm³/mol. The summed E-state index contributed by atoms with van der Waals surface area (Å²) in [6, 6.07) is 7.69. The molecule has 1 atom stereocenters. The van der Waals surface area contributed by atoms with E-state index < -0.39 is 0 Å². The van der Waals surface area contributed by atoms with Crippen molar-refractivity contribution in [2.45, 2.75) is 26.3 Å².